The first kappa shape index (κ1) is 18.4. The molecule has 0 rings (SSSR count). The summed E-state index contributed by atoms with van der Waals surface area (Å²) in [5, 5.41) is 14.1. The molecule has 116 valence electrons. The van der Waals surface area contributed by atoms with Crippen molar-refractivity contribution in [3.63, 3.8) is 0 Å². The molecule has 0 saturated carbocycles. The lowest BCUT2D eigenvalue weighted by molar-refractivity contribution is -0.137. The van der Waals surface area contributed by atoms with Gasteiger partial charge < -0.3 is 15.7 Å². The Hall–Kier alpha value is -1.63. The Bertz CT molecular complexity index is 321. The summed E-state index contributed by atoms with van der Waals surface area (Å²) in [5.74, 6) is -1.16. The van der Waals surface area contributed by atoms with E-state index < -0.39 is 5.97 Å². The number of hydrogen-bond acceptors (Lipinski definition) is 4. The highest BCUT2D eigenvalue weighted by Gasteiger charge is 2.12. The van der Waals surface area contributed by atoms with Crippen molar-refractivity contribution in [1.29, 1.82) is 0 Å². The lowest BCUT2D eigenvalue weighted by Gasteiger charge is -2.21. The second-order valence-electron chi connectivity index (χ2n) is 4.61. The molecule has 0 aliphatic rings. The summed E-state index contributed by atoms with van der Waals surface area (Å²) in [4.78, 5) is 34.8. The first-order valence-electron chi connectivity index (χ1n) is 6.91. The highest BCUT2D eigenvalue weighted by molar-refractivity contribution is 5.78. The molecule has 0 aromatic heterocycles. The number of nitrogens with zero attached hydrogens (tertiary/aromatic N) is 1. The zero-order chi connectivity index (χ0) is 15.4. The SMILES string of the molecule is CCCCNC(=O)CN(CCNC(C)=O)CCC(=O)O. The Labute approximate surface area is 119 Å². The number of unbranched alkanes of at least 4 members (excludes halogenated alkanes) is 1. The molecular formula is C13H25N3O4. The molecule has 0 atom stereocenters. The third-order valence-corrected chi connectivity index (χ3v) is 2.66. The normalized spacial score (nSPS) is 10.3. The van der Waals surface area contributed by atoms with Gasteiger partial charge in [0.25, 0.3) is 0 Å². The lowest BCUT2D eigenvalue weighted by atomic mass is 10.3. The van der Waals surface area contributed by atoms with Crippen LogP contribution in [0, 0.1) is 0 Å². The number of carboxylic acid groups (broad SMARTS) is 1. The Morgan fingerprint density at radius 1 is 1.10 bits per heavy atom. The molecule has 7 nitrogen and oxygen atoms in total. The van der Waals surface area contributed by atoms with Gasteiger partial charge in [-0.15, -0.1) is 0 Å². The summed E-state index contributed by atoms with van der Waals surface area (Å²) in [7, 11) is 0. The van der Waals surface area contributed by atoms with Gasteiger partial charge in [-0.1, -0.05) is 13.3 Å². The number of hydrogen-bond donors (Lipinski definition) is 3. The molecule has 0 aromatic carbocycles. The van der Waals surface area contributed by atoms with E-state index in [-0.39, 0.29) is 31.3 Å². The van der Waals surface area contributed by atoms with E-state index in [1.165, 1.54) is 6.92 Å². The molecular weight excluding hydrogens is 262 g/mol. The van der Waals surface area contributed by atoms with Gasteiger partial charge in [-0.3, -0.25) is 19.3 Å². The van der Waals surface area contributed by atoms with E-state index in [1.807, 2.05) is 6.92 Å². The van der Waals surface area contributed by atoms with Crippen LogP contribution in [-0.2, 0) is 14.4 Å². The second-order valence-corrected chi connectivity index (χ2v) is 4.61. The Morgan fingerprint density at radius 3 is 2.35 bits per heavy atom. The molecule has 0 fully saturated rings. The molecule has 7 heteroatoms. The highest BCUT2D eigenvalue weighted by atomic mass is 16.4. The predicted molar refractivity (Wildman–Crippen MR) is 75.3 cm³/mol. The molecule has 0 spiro atoms. The van der Waals surface area contributed by atoms with Gasteiger partial charge in [0, 0.05) is 33.1 Å². The summed E-state index contributed by atoms with van der Waals surface area (Å²) < 4.78 is 0. The molecule has 2 amide bonds. The van der Waals surface area contributed by atoms with Crippen molar-refractivity contribution in [2.75, 3.05) is 32.7 Å². The van der Waals surface area contributed by atoms with E-state index in [9.17, 15) is 14.4 Å². The quantitative estimate of drug-likeness (QED) is 0.458. The number of amides is 2. The first-order valence-corrected chi connectivity index (χ1v) is 6.91. The fraction of sp³-hybridized carbons (Fsp3) is 0.769. The average Bonchev–Trinajstić information content (AvgIpc) is 2.35. The van der Waals surface area contributed by atoms with Crippen LogP contribution in [0.15, 0.2) is 0 Å². The first-order chi connectivity index (χ1) is 9.45. The maximum absolute atomic E-state index is 11.7. The van der Waals surface area contributed by atoms with Crippen molar-refractivity contribution >= 4 is 17.8 Å². The molecule has 0 bridgehead atoms. The highest BCUT2D eigenvalue weighted by Crippen LogP contribution is 1.92. The topological polar surface area (TPSA) is 98.7 Å². The summed E-state index contributed by atoms with van der Waals surface area (Å²) in [5.41, 5.74) is 0. The number of carbonyl (C=O) groups is 3. The summed E-state index contributed by atoms with van der Waals surface area (Å²) >= 11 is 0. The fourth-order valence-corrected chi connectivity index (χ4v) is 1.58. The minimum Gasteiger partial charge on any atom is -0.481 e. The van der Waals surface area contributed by atoms with Crippen molar-refractivity contribution in [2.45, 2.75) is 33.1 Å². The van der Waals surface area contributed by atoms with E-state index in [0.717, 1.165) is 12.8 Å². The molecule has 0 aromatic rings. The van der Waals surface area contributed by atoms with Gasteiger partial charge in [0.1, 0.15) is 0 Å². The molecule has 0 unspecified atom stereocenters. The van der Waals surface area contributed by atoms with Crippen molar-refractivity contribution in [2.24, 2.45) is 0 Å². The predicted octanol–water partition coefficient (Wildman–Crippen LogP) is -0.184. The summed E-state index contributed by atoms with van der Waals surface area (Å²) in [6, 6.07) is 0. The Balaban J connectivity index is 4.10. The zero-order valence-corrected chi connectivity index (χ0v) is 12.3. The van der Waals surface area contributed by atoms with Crippen LogP contribution in [0.5, 0.6) is 0 Å². The number of carbonyl (C=O) groups excluding carboxylic acids is 2. The van der Waals surface area contributed by atoms with Gasteiger partial charge in [0.15, 0.2) is 0 Å². The average molecular weight is 287 g/mol. The third-order valence-electron chi connectivity index (χ3n) is 2.66. The van der Waals surface area contributed by atoms with Gasteiger partial charge in [0.2, 0.25) is 11.8 Å². The largest absolute Gasteiger partial charge is 0.481 e. The molecule has 3 N–H and O–H groups in total. The van der Waals surface area contributed by atoms with Crippen LogP contribution >= 0.6 is 0 Å². The third kappa shape index (κ3) is 11.5. The van der Waals surface area contributed by atoms with Crippen LogP contribution in [0.3, 0.4) is 0 Å². The van der Waals surface area contributed by atoms with Crippen LogP contribution in [0.1, 0.15) is 33.1 Å². The van der Waals surface area contributed by atoms with Gasteiger partial charge in [-0.2, -0.15) is 0 Å². The van der Waals surface area contributed by atoms with Gasteiger partial charge in [0.05, 0.1) is 13.0 Å². The molecule has 20 heavy (non-hydrogen) atoms. The minimum atomic E-state index is -0.902. The van der Waals surface area contributed by atoms with Crippen LogP contribution in [0.25, 0.3) is 0 Å². The standard InChI is InChI=1S/C13H25N3O4/c1-3-4-6-15-12(18)10-16(8-5-13(19)20)9-7-14-11(2)17/h3-10H2,1-2H3,(H,14,17)(H,15,18)(H,19,20). The van der Waals surface area contributed by atoms with Gasteiger partial charge in [-0.05, 0) is 6.42 Å². The number of nitrogens with one attached hydrogen (secondary N) is 2. The number of aliphatic carboxylic acids is 1. The number of rotatable bonds is 11. The van der Waals surface area contributed by atoms with Crippen LogP contribution in [0.2, 0.25) is 0 Å². The van der Waals surface area contributed by atoms with Crippen molar-refractivity contribution < 1.29 is 19.5 Å². The van der Waals surface area contributed by atoms with Crippen LogP contribution < -0.4 is 10.6 Å². The number of carboxylic acids is 1. The van der Waals surface area contributed by atoms with E-state index in [4.69, 9.17) is 5.11 Å². The maximum atomic E-state index is 11.7. The van der Waals surface area contributed by atoms with Crippen molar-refractivity contribution in [1.82, 2.24) is 15.5 Å². The minimum absolute atomic E-state index is 0.0255. The van der Waals surface area contributed by atoms with Crippen LogP contribution in [0.4, 0.5) is 0 Å². The monoisotopic (exact) mass is 287 g/mol. The van der Waals surface area contributed by atoms with Gasteiger partial charge >= 0.3 is 5.97 Å². The molecule has 0 heterocycles. The smallest absolute Gasteiger partial charge is 0.304 e. The maximum Gasteiger partial charge on any atom is 0.304 e. The fourth-order valence-electron chi connectivity index (χ4n) is 1.58. The van der Waals surface area contributed by atoms with Crippen molar-refractivity contribution in [3.05, 3.63) is 0 Å². The Kier molecular flexibility index (Phi) is 10.3. The van der Waals surface area contributed by atoms with Crippen LogP contribution in [-0.4, -0.2) is 60.5 Å². The van der Waals surface area contributed by atoms with E-state index in [2.05, 4.69) is 10.6 Å². The molecule has 0 radical (unpaired) electrons. The molecule has 0 saturated heterocycles. The summed E-state index contributed by atoms with van der Waals surface area (Å²) in [6.07, 6.45) is 1.90. The van der Waals surface area contributed by atoms with E-state index in [1.54, 1.807) is 4.90 Å². The van der Waals surface area contributed by atoms with E-state index >= 15 is 0 Å². The molecule has 0 aliphatic heterocycles. The summed E-state index contributed by atoms with van der Waals surface area (Å²) in [6.45, 7) is 5.38. The molecule has 0 aliphatic carbocycles. The van der Waals surface area contributed by atoms with Gasteiger partial charge in [-0.25, -0.2) is 0 Å². The van der Waals surface area contributed by atoms with Crippen molar-refractivity contribution in [3.8, 4) is 0 Å². The lowest BCUT2D eigenvalue weighted by Crippen LogP contribution is -2.42. The zero-order valence-electron chi connectivity index (χ0n) is 12.3. The Morgan fingerprint density at radius 2 is 1.80 bits per heavy atom. The van der Waals surface area contributed by atoms with E-state index in [0.29, 0.717) is 19.6 Å². The second kappa shape index (κ2) is 11.2.